The Balaban J connectivity index is 1.43. The van der Waals surface area contributed by atoms with Gasteiger partial charge in [0.2, 0.25) is 27.7 Å². The number of rotatable bonds is 12. The molecule has 1 aliphatic heterocycles. The summed E-state index contributed by atoms with van der Waals surface area (Å²) in [5, 5.41) is 27.6. The van der Waals surface area contributed by atoms with Crippen LogP contribution in [-0.2, 0) is 20.4 Å². The summed E-state index contributed by atoms with van der Waals surface area (Å²) in [6, 6.07) is 10.1. The molecule has 3 heterocycles. The zero-order chi connectivity index (χ0) is 29.8. The molecule has 1 atom stereocenters. The Hall–Kier alpha value is -4.48. The van der Waals surface area contributed by atoms with Gasteiger partial charge in [0.25, 0.3) is 0 Å². The fourth-order valence-corrected chi connectivity index (χ4v) is 5.81. The van der Waals surface area contributed by atoms with E-state index in [0.29, 0.717) is 28.5 Å². The Labute approximate surface area is 238 Å². The molecule has 0 bridgehead atoms. The van der Waals surface area contributed by atoms with Crippen LogP contribution in [0.15, 0.2) is 48.9 Å². The van der Waals surface area contributed by atoms with Crippen LogP contribution in [0.2, 0.25) is 0 Å². The molecular formula is C27H31N9O4S. The lowest BCUT2D eigenvalue weighted by Gasteiger charge is -2.47. The van der Waals surface area contributed by atoms with Crippen molar-refractivity contribution in [3.05, 3.63) is 54.5 Å². The maximum atomic E-state index is 12.6. The van der Waals surface area contributed by atoms with Crippen molar-refractivity contribution in [2.45, 2.75) is 45.2 Å². The second-order valence-electron chi connectivity index (χ2n) is 9.98. The minimum atomic E-state index is -3.35. The number of amides is 1. The molecule has 214 valence electrons. The molecule has 2 aromatic heterocycles. The van der Waals surface area contributed by atoms with Crippen molar-refractivity contribution in [3.63, 3.8) is 0 Å². The third-order valence-corrected chi connectivity index (χ3v) is 8.54. The van der Waals surface area contributed by atoms with Crippen LogP contribution in [0.5, 0.6) is 0 Å². The summed E-state index contributed by atoms with van der Waals surface area (Å²) in [6.07, 6.45) is 5.20. The van der Waals surface area contributed by atoms with Gasteiger partial charge in [-0.3, -0.25) is 14.3 Å². The molecule has 1 saturated heterocycles. The number of sulfonamides is 1. The van der Waals surface area contributed by atoms with Gasteiger partial charge < -0.3 is 16.0 Å². The number of carbonyl (C=O) groups is 2. The second kappa shape index (κ2) is 11.9. The van der Waals surface area contributed by atoms with Crippen molar-refractivity contribution in [1.29, 1.82) is 10.7 Å². The summed E-state index contributed by atoms with van der Waals surface area (Å²) < 4.78 is 27.5. The quantitative estimate of drug-likeness (QED) is 0.215. The van der Waals surface area contributed by atoms with Gasteiger partial charge >= 0.3 is 0 Å². The minimum absolute atomic E-state index is 0.00133. The van der Waals surface area contributed by atoms with Gasteiger partial charge in [0.15, 0.2) is 0 Å². The van der Waals surface area contributed by atoms with Crippen LogP contribution < -0.4 is 10.6 Å². The molecule has 0 saturated carbocycles. The normalized spacial score (nSPS) is 15.3. The Bertz CT molecular complexity index is 1600. The SMILES string of the molecule is CCS(=O)(=O)N1CC(CC#N)(n2cc(-c3ccnc(Nc4ccc(C(=O)C(=N)C[C@@H](C)NC(C)=O)cc4)n3)cn2)C1. The predicted molar refractivity (Wildman–Crippen MR) is 152 cm³/mol. The Morgan fingerprint density at radius 2 is 1.93 bits per heavy atom. The van der Waals surface area contributed by atoms with E-state index in [0.717, 1.165) is 0 Å². The fourth-order valence-electron chi connectivity index (χ4n) is 4.57. The highest BCUT2D eigenvalue weighted by Gasteiger charge is 2.49. The summed E-state index contributed by atoms with van der Waals surface area (Å²) in [6.45, 7) is 5.07. The Kier molecular flexibility index (Phi) is 8.60. The first kappa shape index (κ1) is 29.5. The fraction of sp³-hybridized carbons (Fsp3) is 0.370. The second-order valence-corrected chi connectivity index (χ2v) is 12.2. The van der Waals surface area contributed by atoms with Gasteiger partial charge in [0.1, 0.15) is 5.54 Å². The molecule has 14 heteroatoms. The van der Waals surface area contributed by atoms with Crippen LogP contribution in [0.4, 0.5) is 11.6 Å². The predicted octanol–water partition coefficient (Wildman–Crippen LogP) is 2.48. The van der Waals surface area contributed by atoms with E-state index in [1.165, 1.54) is 11.2 Å². The van der Waals surface area contributed by atoms with E-state index in [-0.39, 0.29) is 49.3 Å². The lowest BCUT2D eigenvalue weighted by Crippen LogP contribution is -2.64. The Morgan fingerprint density at radius 3 is 2.56 bits per heavy atom. The van der Waals surface area contributed by atoms with Crippen molar-refractivity contribution in [3.8, 4) is 17.3 Å². The van der Waals surface area contributed by atoms with Gasteiger partial charge in [0.05, 0.1) is 35.8 Å². The number of ketones is 1. The van der Waals surface area contributed by atoms with E-state index in [4.69, 9.17) is 5.41 Å². The third kappa shape index (κ3) is 6.64. The molecule has 41 heavy (non-hydrogen) atoms. The number of hydrogen-bond donors (Lipinski definition) is 3. The number of aromatic nitrogens is 4. The number of hydrogen-bond acceptors (Lipinski definition) is 10. The number of nitriles is 1. The molecule has 1 aromatic carbocycles. The zero-order valence-corrected chi connectivity index (χ0v) is 23.8. The first-order chi connectivity index (χ1) is 19.5. The molecule has 1 amide bonds. The maximum absolute atomic E-state index is 12.6. The van der Waals surface area contributed by atoms with E-state index in [1.54, 1.807) is 67.5 Å². The van der Waals surface area contributed by atoms with Crippen molar-refractivity contribution < 1.29 is 18.0 Å². The van der Waals surface area contributed by atoms with Crippen LogP contribution in [0.25, 0.3) is 11.3 Å². The van der Waals surface area contributed by atoms with E-state index in [1.807, 2.05) is 0 Å². The maximum Gasteiger partial charge on any atom is 0.227 e. The summed E-state index contributed by atoms with van der Waals surface area (Å²) in [5.41, 5.74) is 1.41. The topological polar surface area (TPSA) is 187 Å². The first-order valence-corrected chi connectivity index (χ1v) is 14.6. The standard InChI is InChI=1S/C27H31N9O4S/c1-4-41(39,40)35-16-27(17-35,10-11-28)36-15-21(14-31-36)24-9-12-30-26(34-24)33-22-7-5-20(6-8-22)25(38)23(29)13-18(2)32-19(3)37/h5-9,12,14-15,18,29H,4,10,13,16-17H2,1-3H3,(H,32,37)(H,30,33,34)/t18-/m1/s1. The van der Waals surface area contributed by atoms with Crippen LogP contribution in [0.1, 0.15) is 44.0 Å². The molecule has 3 aromatic rings. The van der Waals surface area contributed by atoms with Gasteiger partial charge in [0, 0.05) is 61.7 Å². The zero-order valence-electron chi connectivity index (χ0n) is 23.0. The number of Topliss-reactive ketones (excluding diaryl/α,β-unsaturated/α-hetero) is 1. The van der Waals surface area contributed by atoms with Gasteiger partial charge in [-0.2, -0.15) is 14.7 Å². The number of benzene rings is 1. The molecular weight excluding hydrogens is 546 g/mol. The molecule has 0 spiro atoms. The lowest BCUT2D eigenvalue weighted by atomic mass is 9.89. The minimum Gasteiger partial charge on any atom is -0.353 e. The summed E-state index contributed by atoms with van der Waals surface area (Å²) in [5.74, 6) is -0.327. The lowest BCUT2D eigenvalue weighted by molar-refractivity contribution is -0.119. The van der Waals surface area contributed by atoms with E-state index in [9.17, 15) is 23.3 Å². The molecule has 1 aliphatic rings. The van der Waals surface area contributed by atoms with Crippen molar-refractivity contribution in [1.82, 2.24) is 29.4 Å². The van der Waals surface area contributed by atoms with Crippen LogP contribution >= 0.6 is 0 Å². The summed E-state index contributed by atoms with van der Waals surface area (Å²) in [7, 11) is -3.35. The van der Waals surface area contributed by atoms with Gasteiger partial charge in [-0.1, -0.05) is 0 Å². The van der Waals surface area contributed by atoms with Gasteiger partial charge in [-0.05, 0) is 44.2 Å². The smallest absolute Gasteiger partial charge is 0.227 e. The van der Waals surface area contributed by atoms with Crippen molar-refractivity contribution in [2.24, 2.45) is 0 Å². The third-order valence-electron chi connectivity index (χ3n) is 6.76. The van der Waals surface area contributed by atoms with Crippen LogP contribution in [-0.4, -0.2) is 74.8 Å². The average molecular weight is 578 g/mol. The molecule has 3 N–H and O–H groups in total. The largest absolute Gasteiger partial charge is 0.353 e. The first-order valence-electron chi connectivity index (χ1n) is 13.0. The van der Waals surface area contributed by atoms with E-state index in [2.05, 4.69) is 31.8 Å². The average Bonchev–Trinajstić information content (AvgIpc) is 3.41. The summed E-state index contributed by atoms with van der Waals surface area (Å²) >= 11 is 0. The highest BCUT2D eigenvalue weighted by atomic mass is 32.2. The molecule has 4 rings (SSSR count). The number of nitrogens with zero attached hydrogens (tertiary/aromatic N) is 6. The van der Waals surface area contributed by atoms with Crippen LogP contribution in [0.3, 0.4) is 0 Å². The van der Waals surface area contributed by atoms with Crippen molar-refractivity contribution >= 4 is 39.1 Å². The highest BCUT2D eigenvalue weighted by molar-refractivity contribution is 7.89. The molecule has 0 aliphatic carbocycles. The van der Waals surface area contributed by atoms with Gasteiger partial charge in [-0.25, -0.2) is 18.4 Å². The molecule has 13 nitrogen and oxygen atoms in total. The molecule has 0 unspecified atom stereocenters. The van der Waals surface area contributed by atoms with Crippen molar-refractivity contribution in [2.75, 3.05) is 24.2 Å². The molecule has 1 fully saturated rings. The number of carbonyl (C=O) groups excluding carboxylic acids is 2. The van der Waals surface area contributed by atoms with Crippen LogP contribution in [0, 0.1) is 16.7 Å². The van der Waals surface area contributed by atoms with Gasteiger partial charge in [-0.15, -0.1) is 0 Å². The van der Waals surface area contributed by atoms with E-state index < -0.39 is 21.3 Å². The number of anilines is 2. The monoisotopic (exact) mass is 577 g/mol. The molecule has 0 radical (unpaired) electrons. The summed E-state index contributed by atoms with van der Waals surface area (Å²) in [4.78, 5) is 32.6. The van der Waals surface area contributed by atoms with E-state index >= 15 is 0 Å². The highest BCUT2D eigenvalue weighted by Crippen LogP contribution is 2.35. The Morgan fingerprint density at radius 1 is 1.22 bits per heavy atom. The number of nitrogens with one attached hydrogen (secondary N) is 3.